The molecule has 17 heavy (non-hydrogen) atoms. The van der Waals surface area contributed by atoms with Gasteiger partial charge in [-0.2, -0.15) is 0 Å². The average molecular weight is 237 g/mol. The first kappa shape index (κ1) is 14.0. The molecule has 0 heterocycles. The predicted molar refractivity (Wildman–Crippen MR) is 71.0 cm³/mol. The van der Waals surface area contributed by atoms with Gasteiger partial charge in [-0.15, -0.1) is 0 Å². The molecule has 3 heteroatoms. The molecular formula is C14H23NO2. The maximum atomic E-state index is 5.50. The third kappa shape index (κ3) is 4.36. The van der Waals surface area contributed by atoms with Crippen molar-refractivity contribution in [2.24, 2.45) is 0 Å². The molecule has 0 radical (unpaired) electrons. The highest BCUT2D eigenvalue weighted by Crippen LogP contribution is 2.23. The summed E-state index contributed by atoms with van der Waals surface area (Å²) < 4.78 is 11.0. The van der Waals surface area contributed by atoms with Crippen LogP contribution < -0.4 is 5.32 Å². The van der Waals surface area contributed by atoms with Crippen LogP contribution in [0.3, 0.4) is 0 Å². The van der Waals surface area contributed by atoms with E-state index in [2.05, 4.69) is 12.2 Å². The minimum absolute atomic E-state index is 0.712. The van der Waals surface area contributed by atoms with E-state index in [-0.39, 0.29) is 0 Å². The fourth-order valence-corrected chi connectivity index (χ4v) is 1.80. The number of unbranched alkanes of at least 4 members (excludes halogenated alkanes) is 2. The Bertz CT molecular complexity index is 296. The molecule has 0 aliphatic heterocycles. The fourth-order valence-electron chi connectivity index (χ4n) is 1.80. The molecule has 0 amide bonds. The Hall–Kier alpha value is -1.06. The summed E-state index contributed by atoms with van der Waals surface area (Å²) in [7, 11) is 3.34. The molecule has 0 fully saturated rings. The zero-order chi connectivity index (χ0) is 12.6. The molecule has 3 nitrogen and oxygen atoms in total. The highest BCUT2D eigenvalue weighted by molar-refractivity contribution is 5.43. The second kappa shape index (κ2) is 7.30. The third-order valence-electron chi connectivity index (χ3n) is 2.88. The molecule has 0 aliphatic carbocycles. The standard InChI is InChI=1S/C14H23NO2/c1-4-5-9-12-14(16-2,17-3)15-13-10-7-6-8-11-13/h6-8,10-11,15H,4-5,9,12H2,1-3H3. The lowest BCUT2D eigenvalue weighted by molar-refractivity contribution is -0.190. The minimum Gasteiger partial charge on any atom is -0.336 e. The number of nitrogens with one attached hydrogen (secondary N) is 1. The summed E-state index contributed by atoms with van der Waals surface area (Å²) in [5.74, 6) is -0.712. The first-order valence-corrected chi connectivity index (χ1v) is 6.20. The normalized spacial score (nSPS) is 11.5. The number of hydrogen-bond acceptors (Lipinski definition) is 3. The van der Waals surface area contributed by atoms with Crippen molar-refractivity contribution in [3.05, 3.63) is 30.3 Å². The van der Waals surface area contributed by atoms with Crippen LogP contribution in [-0.4, -0.2) is 20.1 Å². The Morgan fingerprint density at radius 2 is 1.71 bits per heavy atom. The molecule has 0 aliphatic rings. The Labute approximate surface area is 104 Å². The molecule has 1 N–H and O–H groups in total. The van der Waals surface area contributed by atoms with Crippen molar-refractivity contribution >= 4 is 5.69 Å². The highest BCUT2D eigenvalue weighted by atomic mass is 16.7. The van der Waals surface area contributed by atoms with Crippen molar-refractivity contribution in [1.29, 1.82) is 0 Å². The van der Waals surface area contributed by atoms with E-state index in [0.717, 1.165) is 18.5 Å². The van der Waals surface area contributed by atoms with Gasteiger partial charge in [-0.25, -0.2) is 0 Å². The van der Waals surface area contributed by atoms with Gasteiger partial charge < -0.3 is 14.8 Å². The predicted octanol–water partition coefficient (Wildman–Crippen LogP) is 3.63. The molecule has 0 aromatic heterocycles. The first-order chi connectivity index (χ1) is 8.26. The molecule has 0 unspecified atom stereocenters. The number of ether oxygens (including phenoxy) is 2. The number of anilines is 1. The third-order valence-corrected chi connectivity index (χ3v) is 2.88. The Morgan fingerprint density at radius 1 is 1.06 bits per heavy atom. The van der Waals surface area contributed by atoms with Gasteiger partial charge >= 0.3 is 0 Å². The van der Waals surface area contributed by atoms with Gasteiger partial charge in [0, 0.05) is 26.3 Å². The Balaban J connectivity index is 2.63. The maximum Gasteiger partial charge on any atom is 0.248 e. The number of para-hydroxylation sites is 1. The van der Waals surface area contributed by atoms with Gasteiger partial charge in [0.15, 0.2) is 0 Å². The van der Waals surface area contributed by atoms with E-state index in [1.807, 2.05) is 30.3 Å². The van der Waals surface area contributed by atoms with Crippen molar-refractivity contribution in [3.8, 4) is 0 Å². The van der Waals surface area contributed by atoms with Gasteiger partial charge in [0.1, 0.15) is 0 Å². The van der Waals surface area contributed by atoms with Gasteiger partial charge in [0.25, 0.3) is 0 Å². The van der Waals surface area contributed by atoms with E-state index in [1.165, 1.54) is 12.8 Å². The molecule has 0 spiro atoms. The summed E-state index contributed by atoms with van der Waals surface area (Å²) in [6, 6.07) is 9.98. The van der Waals surface area contributed by atoms with Crippen LogP contribution in [0.1, 0.15) is 32.6 Å². The topological polar surface area (TPSA) is 30.5 Å². The molecule has 96 valence electrons. The minimum atomic E-state index is -0.712. The van der Waals surface area contributed by atoms with Gasteiger partial charge in [-0.1, -0.05) is 38.0 Å². The summed E-state index contributed by atoms with van der Waals surface area (Å²) in [4.78, 5) is 0. The van der Waals surface area contributed by atoms with Crippen LogP contribution in [0.4, 0.5) is 5.69 Å². The van der Waals surface area contributed by atoms with Crippen LogP contribution in [0.5, 0.6) is 0 Å². The SMILES string of the molecule is CCCCCC(Nc1ccccc1)(OC)OC. The van der Waals surface area contributed by atoms with Crippen LogP contribution in [0.15, 0.2) is 30.3 Å². The maximum absolute atomic E-state index is 5.50. The Kier molecular flexibility index (Phi) is 6.01. The summed E-state index contributed by atoms with van der Waals surface area (Å²) in [5, 5.41) is 3.31. The zero-order valence-corrected chi connectivity index (χ0v) is 11.0. The van der Waals surface area contributed by atoms with Gasteiger partial charge in [-0.05, 0) is 18.6 Å². The van der Waals surface area contributed by atoms with Gasteiger partial charge in [0.2, 0.25) is 5.91 Å². The number of methoxy groups -OCH3 is 2. The highest BCUT2D eigenvalue weighted by Gasteiger charge is 2.28. The molecule has 0 bridgehead atoms. The van der Waals surface area contributed by atoms with E-state index in [4.69, 9.17) is 9.47 Å². The van der Waals surface area contributed by atoms with Crippen molar-refractivity contribution in [1.82, 2.24) is 0 Å². The second-order valence-corrected chi connectivity index (χ2v) is 4.11. The fraction of sp³-hybridized carbons (Fsp3) is 0.571. The van der Waals surface area contributed by atoms with E-state index in [0.29, 0.717) is 0 Å². The zero-order valence-electron chi connectivity index (χ0n) is 11.0. The second-order valence-electron chi connectivity index (χ2n) is 4.11. The Morgan fingerprint density at radius 3 is 2.24 bits per heavy atom. The summed E-state index contributed by atoms with van der Waals surface area (Å²) >= 11 is 0. The molecule has 0 saturated carbocycles. The largest absolute Gasteiger partial charge is 0.336 e. The van der Waals surface area contributed by atoms with Crippen LogP contribution >= 0.6 is 0 Å². The summed E-state index contributed by atoms with van der Waals surface area (Å²) in [5.41, 5.74) is 1.01. The van der Waals surface area contributed by atoms with Crippen LogP contribution in [0.25, 0.3) is 0 Å². The number of hydrogen-bond donors (Lipinski definition) is 1. The number of rotatable bonds is 8. The van der Waals surface area contributed by atoms with Gasteiger partial charge in [-0.3, -0.25) is 0 Å². The van der Waals surface area contributed by atoms with Crippen LogP contribution in [0, 0.1) is 0 Å². The quantitative estimate of drug-likeness (QED) is 0.553. The van der Waals surface area contributed by atoms with Crippen molar-refractivity contribution in [2.45, 2.75) is 38.5 Å². The molecule has 1 aromatic rings. The van der Waals surface area contributed by atoms with Crippen LogP contribution in [0.2, 0.25) is 0 Å². The van der Waals surface area contributed by atoms with Gasteiger partial charge in [0.05, 0.1) is 0 Å². The smallest absolute Gasteiger partial charge is 0.248 e. The van der Waals surface area contributed by atoms with Crippen molar-refractivity contribution in [3.63, 3.8) is 0 Å². The van der Waals surface area contributed by atoms with Crippen LogP contribution in [-0.2, 0) is 9.47 Å². The molecular weight excluding hydrogens is 214 g/mol. The number of benzene rings is 1. The van der Waals surface area contributed by atoms with E-state index >= 15 is 0 Å². The summed E-state index contributed by atoms with van der Waals surface area (Å²) in [6.07, 6.45) is 4.29. The van der Waals surface area contributed by atoms with E-state index in [9.17, 15) is 0 Å². The van der Waals surface area contributed by atoms with E-state index < -0.39 is 5.91 Å². The molecule has 1 rings (SSSR count). The van der Waals surface area contributed by atoms with Crippen molar-refractivity contribution in [2.75, 3.05) is 19.5 Å². The average Bonchev–Trinajstić information content (AvgIpc) is 2.39. The summed E-state index contributed by atoms with van der Waals surface area (Å²) in [6.45, 7) is 2.19. The first-order valence-electron chi connectivity index (χ1n) is 6.20. The lowest BCUT2D eigenvalue weighted by Crippen LogP contribution is -2.42. The lowest BCUT2D eigenvalue weighted by Gasteiger charge is -2.32. The molecule has 1 aromatic carbocycles. The molecule has 0 saturated heterocycles. The van der Waals surface area contributed by atoms with E-state index in [1.54, 1.807) is 14.2 Å². The monoisotopic (exact) mass is 237 g/mol. The van der Waals surface area contributed by atoms with Crippen molar-refractivity contribution < 1.29 is 9.47 Å². The lowest BCUT2D eigenvalue weighted by atomic mass is 10.1. The molecule has 0 atom stereocenters.